The number of hydrogen-bond donors (Lipinski definition) is 2. The first-order chi connectivity index (χ1) is 19.5. The number of esters is 4. The van der Waals surface area contributed by atoms with Crippen LogP contribution in [0, 0.1) is 5.92 Å². The Kier molecular flexibility index (Phi) is 15.6. The lowest BCUT2D eigenvalue weighted by molar-refractivity contribution is -0.149. The first-order valence-electron chi connectivity index (χ1n) is 13.1. The third-order valence-electron chi connectivity index (χ3n) is 5.17. The molecule has 0 fully saturated rings. The minimum Gasteiger partial charge on any atom is -0.462 e. The van der Waals surface area contributed by atoms with E-state index < -0.39 is 42.1 Å². The van der Waals surface area contributed by atoms with Gasteiger partial charge in [-0.2, -0.15) is 0 Å². The Labute approximate surface area is 250 Å². The third kappa shape index (κ3) is 12.6. The Bertz CT molecular complexity index is 1200. The molecule has 230 valence electrons. The van der Waals surface area contributed by atoms with Gasteiger partial charge in [0.05, 0.1) is 24.1 Å². The van der Waals surface area contributed by atoms with Crippen LogP contribution >= 0.6 is 12.4 Å². The maximum absolute atomic E-state index is 12.8. The van der Waals surface area contributed by atoms with E-state index in [1.165, 1.54) is 12.1 Å². The van der Waals surface area contributed by atoms with Gasteiger partial charge < -0.3 is 34.3 Å². The number of carbonyl (C=O) groups excluding carboxylic acids is 5. The number of halogens is 1. The number of hydrogen-bond acceptors (Lipinski definition) is 11. The molecule has 1 amide bonds. The van der Waals surface area contributed by atoms with E-state index in [1.807, 2.05) is 0 Å². The van der Waals surface area contributed by atoms with Gasteiger partial charge in [0.2, 0.25) is 0 Å². The number of carbonyl (C=O) groups is 5. The summed E-state index contributed by atoms with van der Waals surface area (Å²) < 4.78 is 26.2. The molecular formula is C29H37ClN2O10. The monoisotopic (exact) mass is 608 g/mol. The molecule has 2 N–H and O–H groups in total. The molecule has 0 heterocycles. The van der Waals surface area contributed by atoms with Gasteiger partial charge in [-0.15, -0.1) is 12.4 Å². The Morgan fingerprint density at radius 2 is 1.48 bits per heavy atom. The third-order valence-corrected chi connectivity index (χ3v) is 5.17. The summed E-state index contributed by atoms with van der Waals surface area (Å²) in [6.07, 6.45) is -1.47. The van der Waals surface area contributed by atoms with E-state index in [-0.39, 0.29) is 61.6 Å². The highest BCUT2D eigenvalue weighted by Crippen LogP contribution is 2.30. The highest BCUT2D eigenvalue weighted by molar-refractivity contribution is 5.91. The van der Waals surface area contributed by atoms with Crippen LogP contribution in [0.3, 0.4) is 0 Å². The predicted octanol–water partition coefficient (Wildman–Crippen LogP) is 3.24. The standard InChI is InChI=1S/C29H36N2O10.ClH/c1-18(2)26(33)37-13-14-38-29(36)31-22(28(35)39-19(3)4)15-20-11-12-23(40-25(32)17-30-5)24(16-20)41-27(34)21-9-7-6-8-10-21;/h6-12,16,18-19,22,30H,13-15,17H2,1-5H3,(H,31,36);1H. The van der Waals surface area contributed by atoms with E-state index in [4.69, 9.17) is 23.7 Å². The van der Waals surface area contributed by atoms with E-state index >= 15 is 0 Å². The number of rotatable bonds is 14. The van der Waals surface area contributed by atoms with Crippen molar-refractivity contribution in [2.24, 2.45) is 5.92 Å². The SMILES string of the molecule is CNCC(=O)Oc1ccc(CC(NC(=O)OCCOC(=O)C(C)C)C(=O)OC(C)C)cc1OC(=O)c1ccccc1.Cl. The van der Waals surface area contributed by atoms with Crippen LogP contribution in [0.4, 0.5) is 4.79 Å². The van der Waals surface area contributed by atoms with Crippen LogP contribution in [0.1, 0.15) is 43.6 Å². The zero-order chi connectivity index (χ0) is 30.4. The molecule has 0 radical (unpaired) electrons. The van der Waals surface area contributed by atoms with E-state index in [0.29, 0.717) is 5.56 Å². The van der Waals surface area contributed by atoms with Crippen molar-refractivity contribution in [1.29, 1.82) is 0 Å². The molecule has 0 saturated carbocycles. The quantitative estimate of drug-likeness (QED) is 0.140. The van der Waals surface area contributed by atoms with Crippen molar-refractivity contribution in [1.82, 2.24) is 10.6 Å². The molecule has 0 spiro atoms. The van der Waals surface area contributed by atoms with Gasteiger partial charge in [-0.25, -0.2) is 14.4 Å². The summed E-state index contributed by atoms with van der Waals surface area (Å²) in [7, 11) is 1.58. The highest BCUT2D eigenvalue weighted by Gasteiger charge is 2.26. The Balaban J connectivity index is 0.00000882. The van der Waals surface area contributed by atoms with Gasteiger partial charge in [-0.05, 0) is 50.7 Å². The molecule has 0 aliphatic carbocycles. The summed E-state index contributed by atoms with van der Waals surface area (Å²) >= 11 is 0. The number of ether oxygens (including phenoxy) is 5. The zero-order valence-electron chi connectivity index (χ0n) is 24.2. The smallest absolute Gasteiger partial charge is 0.407 e. The van der Waals surface area contributed by atoms with Crippen LogP contribution in [0.15, 0.2) is 48.5 Å². The van der Waals surface area contributed by atoms with Crippen LogP contribution in [-0.4, -0.2) is 68.9 Å². The number of amides is 1. The Morgan fingerprint density at radius 3 is 2.10 bits per heavy atom. The largest absolute Gasteiger partial charge is 0.462 e. The van der Waals surface area contributed by atoms with Crippen LogP contribution in [0.25, 0.3) is 0 Å². The molecule has 12 nitrogen and oxygen atoms in total. The molecular weight excluding hydrogens is 572 g/mol. The predicted molar refractivity (Wildman–Crippen MR) is 154 cm³/mol. The summed E-state index contributed by atoms with van der Waals surface area (Å²) in [5.74, 6) is -2.86. The molecule has 42 heavy (non-hydrogen) atoms. The van der Waals surface area contributed by atoms with E-state index in [2.05, 4.69) is 10.6 Å². The van der Waals surface area contributed by atoms with Crippen molar-refractivity contribution in [3.8, 4) is 11.5 Å². The molecule has 2 rings (SSSR count). The first-order valence-corrected chi connectivity index (χ1v) is 13.1. The topological polar surface area (TPSA) is 156 Å². The van der Waals surface area contributed by atoms with Crippen LogP contribution < -0.4 is 20.1 Å². The van der Waals surface area contributed by atoms with E-state index in [9.17, 15) is 24.0 Å². The maximum Gasteiger partial charge on any atom is 0.407 e. The lowest BCUT2D eigenvalue weighted by atomic mass is 10.1. The minimum absolute atomic E-state index is 0. The second-order valence-electron chi connectivity index (χ2n) is 9.39. The van der Waals surface area contributed by atoms with E-state index in [0.717, 1.165) is 0 Å². The van der Waals surface area contributed by atoms with Gasteiger partial charge in [0.15, 0.2) is 11.5 Å². The number of benzene rings is 2. The second-order valence-corrected chi connectivity index (χ2v) is 9.39. The summed E-state index contributed by atoms with van der Waals surface area (Å²) in [6, 6.07) is 11.4. The van der Waals surface area contributed by atoms with Crippen LogP contribution in [-0.2, 0) is 35.0 Å². The average Bonchev–Trinajstić information content (AvgIpc) is 2.92. The first kappa shape index (κ1) is 35.9. The maximum atomic E-state index is 12.8. The molecule has 0 aromatic heterocycles. The van der Waals surface area contributed by atoms with Crippen molar-refractivity contribution < 1.29 is 47.7 Å². The van der Waals surface area contributed by atoms with Crippen molar-refractivity contribution in [2.75, 3.05) is 26.8 Å². The fraction of sp³-hybridized carbons (Fsp3) is 0.414. The summed E-state index contributed by atoms with van der Waals surface area (Å²) in [6.45, 7) is 6.22. The van der Waals surface area contributed by atoms with E-state index in [1.54, 1.807) is 71.1 Å². The van der Waals surface area contributed by atoms with Gasteiger partial charge in [-0.1, -0.05) is 38.1 Å². The van der Waals surface area contributed by atoms with Crippen molar-refractivity contribution in [2.45, 2.75) is 46.3 Å². The van der Waals surface area contributed by atoms with Gasteiger partial charge in [-0.3, -0.25) is 9.59 Å². The zero-order valence-corrected chi connectivity index (χ0v) is 25.0. The Morgan fingerprint density at radius 1 is 0.810 bits per heavy atom. The second kappa shape index (κ2) is 18.3. The summed E-state index contributed by atoms with van der Waals surface area (Å²) in [5.41, 5.74) is 0.721. The summed E-state index contributed by atoms with van der Waals surface area (Å²) in [5, 5.41) is 5.13. The van der Waals surface area contributed by atoms with Crippen LogP contribution in [0.5, 0.6) is 11.5 Å². The average molecular weight is 609 g/mol. The van der Waals surface area contributed by atoms with Gasteiger partial charge in [0, 0.05) is 6.42 Å². The van der Waals surface area contributed by atoms with Gasteiger partial charge >= 0.3 is 30.0 Å². The molecule has 0 saturated heterocycles. The molecule has 1 unspecified atom stereocenters. The van der Waals surface area contributed by atoms with Crippen molar-refractivity contribution in [3.05, 3.63) is 59.7 Å². The molecule has 2 aromatic carbocycles. The van der Waals surface area contributed by atoms with Crippen molar-refractivity contribution >= 4 is 42.4 Å². The number of likely N-dealkylation sites (N-methyl/N-ethyl adjacent to an activating group) is 1. The number of alkyl carbamates (subject to hydrolysis) is 1. The van der Waals surface area contributed by atoms with Gasteiger partial charge in [0.25, 0.3) is 0 Å². The Hall–Kier alpha value is -4.16. The van der Waals surface area contributed by atoms with Gasteiger partial charge in [0.1, 0.15) is 19.3 Å². The number of nitrogens with one attached hydrogen (secondary N) is 2. The fourth-order valence-corrected chi connectivity index (χ4v) is 3.25. The van der Waals surface area contributed by atoms with Crippen molar-refractivity contribution in [3.63, 3.8) is 0 Å². The molecule has 0 aliphatic rings. The molecule has 2 aromatic rings. The lowest BCUT2D eigenvalue weighted by Gasteiger charge is -2.20. The normalized spacial score (nSPS) is 11.1. The minimum atomic E-state index is -1.18. The highest BCUT2D eigenvalue weighted by atomic mass is 35.5. The van der Waals surface area contributed by atoms with Crippen LogP contribution in [0.2, 0.25) is 0 Å². The molecule has 0 aliphatic heterocycles. The molecule has 1 atom stereocenters. The molecule has 13 heteroatoms. The summed E-state index contributed by atoms with van der Waals surface area (Å²) in [4.78, 5) is 61.6. The lowest BCUT2D eigenvalue weighted by Crippen LogP contribution is -2.44. The molecule has 0 bridgehead atoms. The fourth-order valence-electron chi connectivity index (χ4n) is 3.25.